The Kier molecular flexibility index (Phi) is 7.71. The van der Waals surface area contributed by atoms with Crippen LogP contribution in [-0.4, -0.2) is 28.3 Å². The van der Waals surface area contributed by atoms with Crippen LogP contribution >= 0.6 is 11.3 Å². The van der Waals surface area contributed by atoms with Gasteiger partial charge in [-0.25, -0.2) is 9.79 Å². The van der Waals surface area contributed by atoms with Crippen molar-refractivity contribution in [3.05, 3.63) is 122 Å². The van der Waals surface area contributed by atoms with Gasteiger partial charge in [-0.1, -0.05) is 60.4 Å². The first-order valence-electron chi connectivity index (χ1n) is 13.1. The second kappa shape index (κ2) is 11.4. The first kappa shape index (κ1) is 27.1. The molecule has 0 N–H and O–H groups in total. The van der Waals surface area contributed by atoms with Gasteiger partial charge in [-0.15, -0.1) is 6.58 Å². The van der Waals surface area contributed by atoms with Gasteiger partial charge in [-0.2, -0.15) is 0 Å². The largest absolute Gasteiger partial charge is 0.490 e. The van der Waals surface area contributed by atoms with Gasteiger partial charge >= 0.3 is 5.97 Å². The molecule has 0 fully saturated rings. The van der Waals surface area contributed by atoms with Crippen molar-refractivity contribution in [2.75, 3.05) is 13.2 Å². The maximum absolute atomic E-state index is 14.1. The summed E-state index contributed by atoms with van der Waals surface area (Å²) in [6, 6.07) is 14.8. The second-order valence-corrected chi connectivity index (χ2v) is 10.4. The summed E-state index contributed by atoms with van der Waals surface area (Å²) in [7, 11) is 0. The fraction of sp³-hybridized carbons (Fsp3) is 0.219. The van der Waals surface area contributed by atoms with E-state index >= 15 is 0 Å². The van der Waals surface area contributed by atoms with Crippen molar-refractivity contribution >= 4 is 34.3 Å². The minimum Gasteiger partial charge on any atom is -0.490 e. The molecule has 40 heavy (non-hydrogen) atoms. The maximum atomic E-state index is 14.1. The molecule has 0 unspecified atom stereocenters. The van der Waals surface area contributed by atoms with E-state index in [4.69, 9.17) is 14.5 Å². The van der Waals surface area contributed by atoms with Crippen LogP contribution in [0.2, 0.25) is 0 Å². The predicted molar refractivity (Wildman–Crippen MR) is 159 cm³/mol. The third-order valence-electron chi connectivity index (χ3n) is 6.95. The van der Waals surface area contributed by atoms with E-state index in [2.05, 4.69) is 29.9 Å². The molecule has 1 aliphatic rings. The second-order valence-electron chi connectivity index (χ2n) is 9.39. The number of fused-ring (bicyclic) bond motifs is 2. The van der Waals surface area contributed by atoms with E-state index in [1.54, 1.807) is 24.5 Å². The number of ether oxygens (including phenoxy) is 2. The lowest BCUT2D eigenvalue weighted by Crippen LogP contribution is -2.39. The highest BCUT2D eigenvalue weighted by Gasteiger charge is 2.33. The number of hydrogen-bond acceptors (Lipinski definition) is 6. The zero-order valence-electron chi connectivity index (χ0n) is 22.8. The first-order chi connectivity index (χ1) is 19.4. The van der Waals surface area contributed by atoms with Crippen molar-refractivity contribution in [2.24, 2.45) is 4.99 Å². The van der Waals surface area contributed by atoms with Gasteiger partial charge < -0.3 is 14.0 Å². The van der Waals surface area contributed by atoms with E-state index < -0.39 is 12.0 Å². The number of para-hydroxylation sites is 1. The first-order valence-corrected chi connectivity index (χ1v) is 13.9. The van der Waals surface area contributed by atoms with E-state index in [-0.39, 0.29) is 12.2 Å². The highest BCUT2D eigenvalue weighted by atomic mass is 32.1. The molecule has 2 aromatic carbocycles. The zero-order valence-corrected chi connectivity index (χ0v) is 23.7. The molecule has 2 aromatic heterocycles. The van der Waals surface area contributed by atoms with Gasteiger partial charge in [0.25, 0.3) is 5.56 Å². The number of allylic oxidation sites excluding steroid dienone is 2. The van der Waals surface area contributed by atoms with Crippen molar-refractivity contribution < 1.29 is 14.3 Å². The standard InChI is InChI=1S/C32H31N3O4S/c1-6-17-34-21(5)25(24-11-9-10-12-26(24)34)19-27-30(36)35-29(22-13-15-23(16-14-22)39-18-7-2)28(31(37)38-8-3)20(4)33-32(35)40-27/h6-7,9-16,19,29H,1-2,8,17-18H2,3-5H3/b27-19-/t29-/m1/s1. The molecule has 0 spiro atoms. The van der Waals surface area contributed by atoms with Crippen LogP contribution in [0.1, 0.15) is 36.7 Å². The summed E-state index contributed by atoms with van der Waals surface area (Å²) in [5.41, 5.74) is 4.52. The fourth-order valence-corrected chi connectivity index (χ4v) is 6.17. The van der Waals surface area contributed by atoms with Gasteiger partial charge in [0.2, 0.25) is 0 Å². The molecule has 0 saturated carbocycles. The van der Waals surface area contributed by atoms with Crippen LogP contribution in [0.5, 0.6) is 5.75 Å². The Bertz CT molecular complexity index is 1840. The molecule has 0 saturated heterocycles. The molecular formula is C32H31N3O4S. The van der Waals surface area contributed by atoms with Crippen LogP contribution in [-0.2, 0) is 16.1 Å². The molecule has 0 aliphatic carbocycles. The van der Waals surface area contributed by atoms with Crippen LogP contribution in [0.15, 0.2) is 94.9 Å². The number of carbonyl (C=O) groups excluding carboxylic acids is 1. The molecule has 0 amide bonds. The molecule has 8 heteroatoms. The van der Waals surface area contributed by atoms with Gasteiger partial charge in [-0.05, 0) is 50.6 Å². The lowest BCUT2D eigenvalue weighted by Gasteiger charge is -2.24. The topological polar surface area (TPSA) is 74.8 Å². The van der Waals surface area contributed by atoms with Crippen LogP contribution in [0.3, 0.4) is 0 Å². The number of thiazole rings is 1. The summed E-state index contributed by atoms with van der Waals surface area (Å²) in [5, 5.41) is 1.06. The van der Waals surface area contributed by atoms with Gasteiger partial charge in [0.1, 0.15) is 12.4 Å². The SMILES string of the molecule is C=CCOc1ccc([C@@H]2C(C(=O)OCC)=C(C)N=c3s/c(=C\c4c(C)n(CC=C)c5ccccc45)c(=O)n32)cc1. The van der Waals surface area contributed by atoms with Gasteiger partial charge in [0.05, 0.1) is 28.5 Å². The Morgan fingerprint density at radius 2 is 1.85 bits per heavy atom. The summed E-state index contributed by atoms with van der Waals surface area (Å²) in [5.74, 6) is 0.180. The summed E-state index contributed by atoms with van der Waals surface area (Å²) >= 11 is 1.32. The number of nitrogens with zero attached hydrogens (tertiary/aromatic N) is 3. The minimum atomic E-state index is -0.686. The third-order valence-corrected chi connectivity index (χ3v) is 7.93. The number of benzene rings is 2. The van der Waals surface area contributed by atoms with Gasteiger partial charge in [-0.3, -0.25) is 9.36 Å². The number of esters is 1. The van der Waals surface area contributed by atoms with E-state index in [1.165, 1.54) is 11.3 Å². The molecule has 0 bridgehead atoms. The van der Waals surface area contributed by atoms with E-state index in [9.17, 15) is 9.59 Å². The quantitative estimate of drug-likeness (QED) is 0.220. The Morgan fingerprint density at radius 3 is 2.55 bits per heavy atom. The minimum absolute atomic E-state index is 0.213. The summed E-state index contributed by atoms with van der Waals surface area (Å²) < 4.78 is 15.4. The van der Waals surface area contributed by atoms with Crippen LogP contribution in [0, 0.1) is 6.92 Å². The van der Waals surface area contributed by atoms with Crippen molar-refractivity contribution in [3.63, 3.8) is 0 Å². The molecule has 7 nitrogen and oxygen atoms in total. The maximum Gasteiger partial charge on any atom is 0.338 e. The van der Waals surface area contributed by atoms with Crippen molar-refractivity contribution in [1.82, 2.24) is 9.13 Å². The normalized spacial score (nSPS) is 15.1. The lowest BCUT2D eigenvalue weighted by atomic mass is 9.96. The lowest BCUT2D eigenvalue weighted by molar-refractivity contribution is -0.139. The number of aromatic nitrogens is 2. The molecule has 204 valence electrons. The van der Waals surface area contributed by atoms with Gasteiger partial charge in [0, 0.05) is 28.7 Å². The van der Waals surface area contributed by atoms with Crippen molar-refractivity contribution in [2.45, 2.75) is 33.4 Å². The Morgan fingerprint density at radius 1 is 1.10 bits per heavy atom. The summed E-state index contributed by atoms with van der Waals surface area (Å²) in [6.45, 7) is 14.4. The summed E-state index contributed by atoms with van der Waals surface area (Å²) in [6.07, 6.45) is 5.48. The average Bonchev–Trinajstić information content (AvgIpc) is 3.40. The van der Waals surface area contributed by atoms with E-state index in [0.29, 0.717) is 39.5 Å². The fourth-order valence-electron chi connectivity index (χ4n) is 5.14. The van der Waals surface area contributed by atoms with E-state index in [1.807, 2.05) is 55.5 Å². The number of rotatable bonds is 9. The highest BCUT2D eigenvalue weighted by Crippen LogP contribution is 2.32. The third kappa shape index (κ3) is 4.75. The Balaban J connectivity index is 1.71. The monoisotopic (exact) mass is 553 g/mol. The molecule has 3 heterocycles. The van der Waals surface area contributed by atoms with Crippen LogP contribution < -0.4 is 19.6 Å². The Hall–Kier alpha value is -4.43. The van der Waals surface area contributed by atoms with Crippen molar-refractivity contribution in [3.8, 4) is 5.75 Å². The van der Waals surface area contributed by atoms with Crippen molar-refractivity contribution in [1.29, 1.82) is 0 Å². The van der Waals surface area contributed by atoms with Gasteiger partial charge in [0.15, 0.2) is 4.80 Å². The molecular weight excluding hydrogens is 522 g/mol. The molecule has 1 aliphatic heterocycles. The number of carbonyl (C=O) groups is 1. The zero-order chi connectivity index (χ0) is 28.4. The highest BCUT2D eigenvalue weighted by molar-refractivity contribution is 7.07. The summed E-state index contributed by atoms with van der Waals surface area (Å²) in [4.78, 5) is 32.5. The number of hydrogen-bond donors (Lipinski definition) is 0. The van der Waals surface area contributed by atoms with Crippen LogP contribution in [0.25, 0.3) is 17.0 Å². The predicted octanol–water partition coefficient (Wildman–Crippen LogP) is 4.81. The molecule has 4 aromatic rings. The molecule has 1 atom stereocenters. The molecule has 0 radical (unpaired) electrons. The Labute approximate surface area is 236 Å². The van der Waals surface area contributed by atoms with E-state index in [0.717, 1.165) is 27.7 Å². The molecule has 5 rings (SSSR count). The smallest absolute Gasteiger partial charge is 0.338 e. The van der Waals surface area contributed by atoms with Crippen LogP contribution in [0.4, 0.5) is 0 Å². The average molecular weight is 554 g/mol.